The molecule has 0 spiro atoms. The number of nitrogens with zero attached hydrogens (tertiary/aromatic N) is 3. The molecule has 6 rings (SSSR count). The number of allylic oxidation sites excluding steroid dienone is 8. The maximum absolute atomic E-state index is 15.3. The van der Waals surface area contributed by atoms with Crippen LogP contribution in [-0.4, -0.2) is 23.5 Å². The van der Waals surface area contributed by atoms with Crippen LogP contribution in [0.2, 0.25) is 0 Å². The third-order valence-electron chi connectivity index (χ3n) is 8.29. The molecule has 2 aliphatic carbocycles. The molecular formula is C36H18F7N3O4S. The third-order valence-corrected chi connectivity index (χ3v) is 10.0. The van der Waals surface area contributed by atoms with Crippen LogP contribution in [0.5, 0.6) is 0 Å². The Hall–Kier alpha value is -6.19. The van der Waals surface area contributed by atoms with Crippen molar-refractivity contribution in [2.24, 2.45) is 5.92 Å². The Morgan fingerprint density at radius 3 is 2.22 bits per heavy atom. The van der Waals surface area contributed by atoms with Gasteiger partial charge in [-0.3, -0.25) is 0 Å². The Morgan fingerprint density at radius 1 is 0.961 bits per heavy atom. The lowest BCUT2D eigenvalue weighted by atomic mass is 9.86. The molecule has 2 aliphatic rings. The molecule has 0 saturated carbocycles. The SMILES string of the molecule is N#CC1=CC=CC(C#N)C1=c1c(=C2C=C(c3c(F)c(F)c(C(=O)O)c(F)c3F)C=CC2)n(S(=O)(=O)c2ccc(C(F)F)cc2)c2ccc(F)cc12. The number of fused-ring (bicyclic) bond motifs is 1. The van der Waals surface area contributed by atoms with Crippen molar-refractivity contribution >= 4 is 43.6 Å². The highest BCUT2D eigenvalue weighted by Crippen LogP contribution is 2.34. The number of hydrogen-bond donors (Lipinski definition) is 1. The van der Waals surface area contributed by atoms with Crippen molar-refractivity contribution in [2.75, 3.05) is 0 Å². The van der Waals surface area contributed by atoms with E-state index in [1.807, 2.05) is 12.1 Å². The second-order valence-electron chi connectivity index (χ2n) is 11.2. The van der Waals surface area contributed by atoms with Crippen molar-refractivity contribution in [3.8, 4) is 12.1 Å². The van der Waals surface area contributed by atoms with E-state index in [1.165, 1.54) is 24.3 Å². The van der Waals surface area contributed by atoms with Crippen molar-refractivity contribution < 1.29 is 49.1 Å². The van der Waals surface area contributed by atoms with Crippen LogP contribution in [0.25, 0.3) is 27.6 Å². The summed E-state index contributed by atoms with van der Waals surface area (Å²) in [6.07, 6.45) is 4.17. The normalized spacial score (nSPS) is 18.0. The second kappa shape index (κ2) is 12.9. The van der Waals surface area contributed by atoms with Crippen LogP contribution in [0.15, 0.2) is 89.4 Å². The highest BCUT2D eigenvalue weighted by atomic mass is 32.2. The first kappa shape index (κ1) is 34.7. The summed E-state index contributed by atoms with van der Waals surface area (Å²) in [5.74, 6) is -12.9. The lowest BCUT2D eigenvalue weighted by Crippen LogP contribution is -2.38. The van der Waals surface area contributed by atoms with Crippen LogP contribution in [-0.2, 0) is 10.0 Å². The summed E-state index contributed by atoms with van der Waals surface area (Å²) in [5, 5.41) is 28.6. The second-order valence-corrected chi connectivity index (χ2v) is 13.0. The van der Waals surface area contributed by atoms with E-state index in [4.69, 9.17) is 5.11 Å². The summed E-state index contributed by atoms with van der Waals surface area (Å²) < 4.78 is 132. The van der Waals surface area contributed by atoms with Crippen molar-refractivity contribution in [1.29, 1.82) is 10.5 Å². The highest BCUT2D eigenvalue weighted by molar-refractivity contribution is 7.90. The van der Waals surface area contributed by atoms with Crippen LogP contribution in [0.4, 0.5) is 30.7 Å². The van der Waals surface area contributed by atoms with E-state index < -0.39 is 84.6 Å². The minimum absolute atomic E-state index is 0.0765. The summed E-state index contributed by atoms with van der Waals surface area (Å²) in [7, 11) is -4.87. The van der Waals surface area contributed by atoms with E-state index in [1.54, 1.807) is 0 Å². The van der Waals surface area contributed by atoms with E-state index in [-0.39, 0.29) is 44.6 Å². The fourth-order valence-electron chi connectivity index (χ4n) is 6.05. The molecule has 0 amide bonds. The number of nitriles is 2. The number of aromatic carboxylic acids is 1. The van der Waals surface area contributed by atoms with Crippen molar-refractivity contribution in [3.05, 3.63) is 141 Å². The Bertz CT molecular complexity index is 2630. The van der Waals surface area contributed by atoms with Crippen LogP contribution in [0.3, 0.4) is 0 Å². The van der Waals surface area contributed by atoms with Crippen LogP contribution in [0.1, 0.15) is 34.3 Å². The molecule has 256 valence electrons. The number of carbonyl (C=O) groups is 1. The zero-order valence-corrected chi connectivity index (χ0v) is 26.3. The molecule has 0 radical (unpaired) electrons. The molecule has 1 aromatic heterocycles. The molecule has 1 N–H and O–H groups in total. The van der Waals surface area contributed by atoms with Gasteiger partial charge in [-0.25, -0.2) is 47.9 Å². The fourth-order valence-corrected chi connectivity index (χ4v) is 7.61. The van der Waals surface area contributed by atoms with E-state index >= 15 is 8.78 Å². The van der Waals surface area contributed by atoms with E-state index in [9.17, 15) is 45.7 Å². The van der Waals surface area contributed by atoms with Gasteiger partial charge in [-0.15, -0.1) is 0 Å². The highest BCUT2D eigenvalue weighted by Gasteiger charge is 2.32. The molecule has 0 bridgehead atoms. The van der Waals surface area contributed by atoms with Crippen LogP contribution < -0.4 is 10.6 Å². The Labute approximate surface area is 283 Å². The average Bonchev–Trinajstić information content (AvgIpc) is 3.45. The smallest absolute Gasteiger partial charge is 0.341 e. The Morgan fingerprint density at radius 2 is 1.63 bits per heavy atom. The van der Waals surface area contributed by atoms with Crippen molar-refractivity contribution in [2.45, 2.75) is 17.7 Å². The maximum Gasteiger partial charge on any atom is 0.341 e. The first-order valence-corrected chi connectivity index (χ1v) is 16.0. The number of alkyl halides is 2. The molecule has 51 heavy (non-hydrogen) atoms. The number of aromatic nitrogens is 1. The van der Waals surface area contributed by atoms with E-state index in [2.05, 4.69) is 0 Å². The van der Waals surface area contributed by atoms with Gasteiger partial charge < -0.3 is 5.11 Å². The van der Waals surface area contributed by atoms with E-state index in [0.29, 0.717) is 3.97 Å². The molecule has 15 heteroatoms. The number of carboxylic acid groups (broad SMARTS) is 1. The number of rotatable bonds is 5. The summed E-state index contributed by atoms with van der Waals surface area (Å²) in [6.45, 7) is 0. The number of carboxylic acids is 1. The standard InChI is InChI=1S/C36H18F7N3O4S/c37-22-9-12-25-24(14-22)28(26-20(15-44)5-2-6-21(26)16-45)34(46(25)51(49,50)23-10-7-17(8-11-23)35(42)43)19-4-1-3-18(13-19)27-30(38)32(40)29(36(47)48)33(41)31(27)39/h1-3,5-14,20,35H,4H2,(H,47,48). The monoisotopic (exact) mass is 721 g/mol. The van der Waals surface area contributed by atoms with Gasteiger partial charge in [0.1, 0.15) is 11.4 Å². The molecule has 0 saturated heterocycles. The first-order valence-electron chi connectivity index (χ1n) is 14.6. The van der Waals surface area contributed by atoms with Gasteiger partial charge in [0.2, 0.25) is 0 Å². The minimum atomic E-state index is -4.87. The molecule has 1 heterocycles. The van der Waals surface area contributed by atoms with Gasteiger partial charge in [-0.1, -0.05) is 36.4 Å². The topological polar surface area (TPSA) is 124 Å². The van der Waals surface area contributed by atoms with Gasteiger partial charge in [0.15, 0.2) is 23.3 Å². The largest absolute Gasteiger partial charge is 0.477 e. The molecule has 4 aromatic rings. The van der Waals surface area contributed by atoms with Crippen LogP contribution >= 0.6 is 0 Å². The fraction of sp³-hybridized carbons (Fsp3) is 0.0833. The van der Waals surface area contributed by atoms with Gasteiger partial charge in [0.05, 0.1) is 45.0 Å². The summed E-state index contributed by atoms with van der Waals surface area (Å²) >= 11 is 0. The molecular weight excluding hydrogens is 703 g/mol. The molecule has 0 fully saturated rings. The number of halogens is 7. The minimum Gasteiger partial charge on any atom is -0.477 e. The zero-order valence-electron chi connectivity index (χ0n) is 25.4. The van der Waals surface area contributed by atoms with Gasteiger partial charge in [0.25, 0.3) is 16.4 Å². The Kier molecular flexibility index (Phi) is 8.79. The van der Waals surface area contributed by atoms with Gasteiger partial charge in [0, 0.05) is 21.7 Å². The first-order chi connectivity index (χ1) is 24.2. The zero-order chi connectivity index (χ0) is 36.9. The quantitative estimate of drug-likeness (QED) is 0.181. The van der Waals surface area contributed by atoms with Gasteiger partial charge >= 0.3 is 5.97 Å². The third kappa shape index (κ3) is 5.61. The molecule has 1 atom stereocenters. The number of benzene rings is 3. The summed E-state index contributed by atoms with van der Waals surface area (Å²) in [6, 6.07) is 10.4. The molecule has 1 unspecified atom stereocenters. The predicted octanol–water partition coefficient (Wildman–Crippen LogP) is 6.71. The Balaban J connectivity index is 1.86. The van der Waals surface area contributed by atoms with Gasteiger partial charge in [-0.2, -0.15) is 10.5 Å². The summed E-state index contributed by atoms with van der Waals surface area (Å²) in [4.78, 5) is 10.8. The lowest BCUT2D eigenvalue weighted by Gasteiger charge is -2.16. The summed E-state index contributed by atoms with van der Waals surface area (Å²) in [5.41, 5.74) is -4.85. The van der Waals surface area contributed by atoms with Crippen molar-refractivity contribution in [1.82, 2.24) is 3.97 Å². The van der Waals surface area contributed by atoms with E-state index in [0.717, 1.165) is 54.6 Å². The predicted molar refractivity (Wildman–Crippen MR) is 169 cm³/mol. The molecule has 0 aliphatic heterocycles. The van der Waals surface area contributed by atoms with Crippen LogP contribution in [0, 0.1) is 57.7 Å². The average molecular weight is 722 g/mol. The number of hydrogen-bond acceptors (Lipinski definition) is 5. The molecule has 7 nitrogen and oxygen atoms in total. The maximum atomic E-state index is 15.3. The van der Waals surface area contributed by atoms with Crippen molar-refractivity contribution in [3.63, 3.8) is 0 Å². The van der Waals surface area contributed by atoms with Gasteiger partial charge in [-0.05, 0) is 60.1 Å². The molecule has 3 aromatic carbocycles. The lowest BCUT2D eigenvalue weighted by molar-refractivity contribution is 0.0683.